The fraction of sp³-hybridized carbons (Fsp3) is 0.316. The van der Waals surface area contributed by atoms with Crippen molar-refractivity contribution in [2.45, 2.75) is 39.0 Å². The summed E-state index contributed by atoms with van der Waals surface area (Å²) in [4.78, 5) is 0. The maximum absolute atomic E-state index is 13.7. The quantitative estimate of drug-likeness (QED) is 0.737. The summed E-state index contributed by atoms with van der Waals surface area (Å²) >= 11 is 0. The molecular weight excluding hydrogens is 325 g/mol. The molecule has 3 nitrogen and oxygen atoms in total. The number of hydrogen-bond donors (Lipinski definition) is 0. The molecule has 0 bridgehead atoms. The van der Waals surface area contributed by atoms with Crippen molar-refractivity contribution in [1.82, 2.24) is 0 Å². The van der Waals surface area contributed by atoms with E-state index in [9.17, 15) is 8.60 Å². The van der Waals surface area contributed by atoms with Gasteiger partial charge in [0, 0.05) is 5.56 Å². The Morgan fingerprint density at radius 1 is 1.17 bits per heavy atom. The summed E-state index contributed by atoms with van der Waals surface area (Å²) in [7, 11) is -1.41. The molecule has 0 N–H and O–H groups in total. The molecule has 0 heterocycles. The Hall–Kier alpha value is -2.01. The van der Waals surface area contributed by atoms with Crippen LogP contribution in [0.3, 0.4) is 0 Å². The third-order valence-corrected chi connectivity index (χ3v) is 4.80. The molecule has 0 saturated carbocycles. The van der Waals surface area contributed by atoms with Gasteiger partial charge in [-0.1, -0.05) is 30.3 Å². The molecule has 24 heavy (non-hydrogen) atoms. The maximum atomic E-state index is 13.7. The minimum atomic E-state index is -1.41. The first kappa shape index (κ1) is 18.3. The molecule has 2 rings (SSSR count). The molecule has 2 aromatic carbocycles. The van der Waals surface area contributed by atoms with Crippen LogP contribution in [0.25, 0.3) is 0 Å². The van der Waals surface area contributed by atoms with E-state index < -0.39 is 15.7 Å². The molecule has 1 atom stereocenters. The maximum Gasteiger partial charge on any atom is 0.145 e. The van der Waals surface area contributed by atoms with Crippen molar-refractivity contribution < 1.29 is 13.3 Å². The fourth-order valence-corrected chi connectivity index (χ4v) is 2.58. The molecule has 0 aromatic heterocycles. The van der Waals surface area contributed by atoms with Gasteiger partial charge in [0.25, 0.3) is 0 Å². The highest BCUT2D eigenvalue weighted by molar-refractivity contribution is 7.85. The number of nitrogens with zero attached hydrogens (tertiary/aromatic N) is 1. The number of rotatable bonds is 5. The van der Waals surface area contributed by atoms with Gasteiger partial charge in [0.05, 0.1) is 10.5 Å². The van der Waals surface area contributed by atoms with Gasteiger partial charge in [0.2, 0.25) is 0 Å². The number of halogens is 1. The Kier molecular flexibility index (Phi) is 5.89. The van der Waals surface area contributed by atoms with Crippen molar-refractivity contribution >= 4 is 16.7 Å². The van der Waals surface area contributed by atoms with Gasteiger partial charge in [-0.25, -0.2) is 8.60 Å². The normalized spacial score (nSPS) is 13.6. The summed E-state index contributed by atoms with van der Waals surface area (Å²) in [6.07, 6.45) is 0. The zero-order chi connectivity index (χ0) is 17.7. The Bertz CT molecular complexity index is 752. The molecule has 5 heteroatoms. The molecule has 0 unspecified atom stereocenters. The summed E-state index contributed by atoms with van der Waals surface area (Å²) < 4.78 is 35.4. The Morgan fingerprint density at radius 2 is 1.83 bits per heavy atom. The average molecular weight is 347 g/mol. The van der Waals surface area contributed by atoms with Gasteiger partial charge in [-0.3, -0.25) is 0 Å². The first-order valence-electron chi connectivity index (χ1n) is 7.71. The van der Waals surface area contributed by atoms with Crippen LogP contribution in [0.1, 0.15) is 38.8 Å². The second-order valence-electron chi connectivity index (χ2n) is 6.45. The van der Waals surface area contributed by atoms with Crippen LogP contribution in [0.2, 0.25) is 0 Å². The lowest BCUT2D eigenvalue weighted by atomic mass is 10.1. The second kappa shape index (κ2) is 7.71. The van der Waals surface area contributed by atoms with Crippen LogP contribution in [-0.2, 0) is 17.6 Å². The van der Waals surface area contributed by atoms with Crippen LogP contribution in [0.15, 0.2) is 52.9 Å². The number of hydrogen-bond acceptors (Lipinski definition) is 2. The van der Waals surface area contributed by atoms with Crippen LogP contribution in [-0.4, -0.2) is 14.7 Å². The predicted molar refractivity (Wildman–Crippen MR) is 97.3 cm³/mol. The van der Waals surface area contributed by atoms with E-state index in [0.29, 0.717) is 23.6 Å². The van der Waals surface area contributed by atoms with Crippen molar-refractivity contribution in [2.24, 2.45) is 4.40 Å². The van der Waals surface area contributed by atoms with E-state index in [4.69, 9.17) is 4.74 Å². The largest absolute Gasteiger partial charge is 0.488 e. The zero-order valence-corrected chi connectivity index (χ0v) is 15.2. The lowest BCUT2D eigenvalue weighted by Gasteiger charge is -2.15. The molecule has 0 fully saturated rings. The highest BCUT2D eigenvalue weighted by atomic mass is 32.2. The lowest BCUT2D eigenvalue weighted by molar-refractivity contribution is 0.305. The van der Waals surface area contributed by atoms with E-state index in [1.54, 1.807) is 13.0 Å². The van der Waals surface area contributed by atoms with Gasteiger partial charge in [0.15, 0.2) is 0 Å². The minimum absolute atomic E-state index is 0.370. The third kappa shape index (κ3) is 4.99. The summed E-state index contributed by atoms with van der Waals surface area (Å²) in [5, 5.41) is 0. The van der Waals surface area contributed by atoms with Gasteiger partial charge in [-0.2, -0.15) is 4.40 Å². The van der Waals surface area contributed by atoms with Crippen molar-refractivity contribution in [3.05, 3.63) is 65.5 Å². The highest BCUT2D eigenvalue weighted by Crippen LogP contribution is 2.23. The second-order valence-corrected chi connectivity index (χ2v) is 8.36. The SMILES string of the molecule is CC(=N[S@@](=O)C(C)(C)C)c1cc(F)ccc1OCc1ccccc1. The number of benzene rings is 2. The van der Waals surface area contributed by atoms with Gasteiger partial charge < -0.3 is 4.74 Å². The summed E-state index contributed by atoms with van der Waals surface area (Å²) in [6.45, 7) is 7.62. The van der Waals surface area contributed by atoms with Gasteiger partial charge in [0.1, 0.15) is 29.2 Å². The van der Waals surface area contributed by atoms with Crippen molar-refractivity contribution in [1.29, 1.82) is 0 Å². The molecule has 2 aromatic rings. The van der Waals surface area contributed by atoms with Gasteiger partial charge in [-0.15, -0.1) is 0 Å². The molecule has 0 aliphatic heterocycles. The molecule has 0 spiro atoms. The van der Waals surface area contributed by atoms with Crippen molar-refractivity contribution in [3.8, 4) is 5.75 Å². The van der Waals surface area contributed by atoms with Crippen molar-refractivity contribution in [3.63, 3.8) is 0 Å². The zero-order valence-electron chi connectivity index (χ0n) is 14.4. The Balaban J connectivity index is 2.27. The molecule has 0 aliphatic rings. The standard InChI is InChI=1S/C19H22FNO2S/c1-14(21-24(22)19(2,3)4)17-12-16(20)10-11-18(17)23-13-15-8-6-5-7-9-15/h5-12H,13H2,1-4H3/t24-/m0/s1. The van der Waals surface area contributed by atoms with Crippen LogP contribution in [0.5, 0.6) is 5.75 Å². The molecule has 128 valence electrons. The minimum Gasteiger partial charge on any atom is -0.488 e. The highest BCUT2D eigenvalue weighted by Gasteiger charge is 2.20. The first-order chi connectivity index (χ1) is 11.3. The molecular formula is C19H22FNO2S. The molecule has 0 saturated heterocycles. The molecule has 0 aliphatic carbocycles. The number of ether oxygens (including phenoxy) is 1. The van der Waals surface area contributed by atoms with Crippen LogP contribution in [0.4, 0.5) is 4.39 Å². The smallest absolute Gasteiger partial charge is 0.145 e. The lowest BCUT2D eigenvalue weighted by Crippen LogP contribution is -2.20. The van der Waals surface area contributed by atoms with E-state index in [1.807, 2.05) is 51.1 Å². The topological polar surface area (TPSA) is 38.7 Å². The first-order valence-corrected chi connectivity index (χ1v) is 8.82. The Labute approximate surface area is 145 Å². The predicted octanol–water partition coefficient (Wildman–Crippen LogP) is 4.68. The van der Waals surface area contributed by atoms with Gasteiger partial charge >= 0.3 is 0 Å². The van der Waals surface area contributed by atoms with E-state index in [2.05, 4.69) is 4.40 Å². The van der Waals surface area contributed by atoms with Crippen LogP contribution >= 0.6 is 0 Å². The monoisotopic (exact) mass is 347 g/mol. The third-order valence-electron chi connectivity index (χ3n) is 3.31. The van der Waals surface area contributed by atoms with Crippen LogP contribution in [0, 0.1) is 5.82 Å². The summed E-state index contributed by atoms with van der Waals surface area (Å²) in [6, 6.07) is 14.0. The fourth-order valence-electron chi connectivity index (χ4n) is 1.96. The van der Waals surface area contributed by atoms with Crippen LogP contribution < -0.4 is 4.74 Å². The Morgan fingerprint density at radius 3 is 2.46 bits per heavy atom. The van der Waals surface area contributed by atoms with E-state index in [-0.39, 0.29) is 5.82 Å². The molecule has 0 amide bonds. The van der Waals surface area contributed by atoms with Crippen molar-refractivity contribution in [2.75, 3.05) is 0 Å². The average Bonchev–Trinajstić information content (AvgIpc) is 2.53. The summed E-state index contributed by atoms with van der Waals surface area (Å²) in [5.74, 6) is 0.139. The van der Waals surface area contributed by atoms with E-state index in [1.165, 1.54) is 12.1 Å². The summed E-state index contributed by atoms with van der Waals surface area (Å²) in [5.41, 5.74) is 2.02. The molecule has 0 radical (unpaired) electrons. The van der Waals surface area contributed by atoms with E-state index >= 15 is 0 Å². The van der Waals surface area contributed by atoms with E-state index in [0.717, 1.165) is 5.56 Å². The van der Waals surface area contributed by atoms with Gasteiger partial charge in [-0.05, 0) is 51.5 Å².